The minimum absolute atomic E-state index is 0.338. The van der Waals surface area contributed by atoms with Crippen LogP contribution in [0, 0.1) is 0 Å². The monoisotopic (exact) mass is 294 g/mol. The van der Waals surface area contributed by atoms with Gasteiger partial charge >= 0.3 is 0 Å². The van der Waals surface area contributed by atoms with Crippen molar-refractivity contribution in [1.82, 2.24) is 4.90 Å². The smallest absolute Gasteiger partial charge is 0.198 e. The predicted molar refractivity (Wildman–Crippen MR) is 80.9 cm³/mol. The molecule has 1 fully saturated rings. The Balaban J connectivity index is 2.27. The van der Waals surface area contributed by atoms with Crippen LogP contribution in [0.4, 0.5) is 0 Å². The predicted octanol–water partition coefficient (Wildman–Crippen LogP) is 1.92. The molecule has 110 valence electrons. The summed E-state index contributed by atoms with van der Waals surface area (Å²) in [6.45, 7) is 5.77. The first-order valence-corrected chi connectivity index (χ1v) is 8.53. The van der Waals surface area contributed by atoms with Crippen LogP contribution in [0.5, 0.6) is 0 Å². The molecular formula is C15H22N2O2S. The maximum absolute atomic E-state index is 12.7. The van der Waals surface area contributed by atoms with Crippen LogP contribution in [-0.4, -0.2) is 31.8 Å². The highest BCUT2D eigenvalue weighted by molar-refractivity contribution is 7.92. The van der Waals surface area contributed by atoms with Crippen molar-refractivity contribution in [2.45, 2.75) is 36.1 Å². The van der Waals surface area contributed by atoms with Crippen molar-refractivity contribution < 1.29 is 8.42 Å². The molecule has 2 N–H and O–H groups in total. The fourth-order valence-electron chi connectivity index (χ4n) is 2.60. The molecule has 1 aromatic carbocycles. The highest BCUT2D eigenvalue weighted by atomic mass is 32.2. The average molecular weight is 294 g/mol. The van der Waals surface area contributed by atoms with E-state index in [2.05, 4.69) is 6.58 Å². The molecule has 1 aromatic rings. The van der Waals surface area contributed by atoms with Gasteiger partial charge in [0, 0.05) is 6.54 Å². The van der Waals surface area contributed by atoms with Crippen LogP contribution in [0.15, 0.2) is 41.8 Å². The lowest BCUT2D eigenvalue weighted by molar-refractivity contribution is 0.229. The third-order valence-electron chi connectivity index (χ3n) is 3.76. The van der Waals surface area contributed by atoms with Gasteiger partial charge in [-0.15, -0.1) is 6.58 Å². The Kier molecular flexibility index (Phi) is 4.96. The van der Waals surface area contributed by atoms with Gasteiger partial charge in [-0.2, -0.15) is 0 Å². The first-order chi connectivity index (χ1) is 9.59. The van der Waals surface area contributed by atoms with Crippen LogP contribution >= 0.6 is 0 Å². The van der Waals surface area contributed by atoms with Crippen LogP contribution in [-0.2, 0) is 16.4 Å². The van der Waals surface area contributed by atoms with E-state index in [0.717, 1.165) is 31.5 Å². The molecule has 0 amide bonds. The molecule has 0 aromatic heterocycles. The number of piperidine rings is 1. The minimum atomic E-state index is -3.41. The Hall–Kier alpha value is -1.17. The number of nitrogens with zero attached hydrogens (tertiary/aromatic N) is 1. The molecule has 0 radical (unpaired) electrons. The maximum Gasteiger partial charge on any atom is 0.198 e. The SMILES string of the molecule is C=CC(N1CCCCC1)S(=O)(=O)c1ccc(CN)cc1. The van der Waals surface area contributed by atoms with E-state index in [1.54, 1.807) is 24.3 Å². The Bertz CT molecular complexity index is 546. The number of rotatable bonds is 5. The van der Waals surface area contributed by atoms with Crippen molar-refractivity contribution in [3.63, 3.8) is 0 Å². The van der Waals surface area contributed by atoms with Gasteiger partial charge in [0.2, 0.25) is 0 Å². The summed E-state index contributed by atoms with van der Waals surface area (Å²) >= 11 is 0. The zero-order valence-corrected chi connectivity index (χ0v) is 12.5. The van der Waals surface area contributed by atoms with Gasteiger partial charge in [0.25, 0.3) is 0 Å². The van der Waals surface area contributed by atoms with Crippen molar-refractivity contribution in [3.8, 4) is 0 Å². The second kappa shape index (κ2) is 6.52. The number of hydrogen-bond acceptors (Lipinski definition) is 4. The molecule has 1 aliphatic rings. The molecule has 0 bridgehead atoms. The van der Waals surface area contributed by atoms with Crippen molar-refractivity contribution in [1.29, 1.82) is 0 Å². The minimum Gasteiger partial charge on any atom is -0.326 e. The second-order valence-corrected chi connectivity index (χ2v) is 7.16. The molecule has 1 unspecified atom stereocenters. The molecule has 5 heteroatoms. The van der Waals surface area contributed by atoms with Gasteiger partial charge in [0.1, 0.15) is 5.37 Å². The number of likely N-dealkylation sites (tertiary alicyclic amines) is 1. The largest absolute Gasteiger partial charge is 0.326 e. The van der Waals surface area contributed by atoms with Gasteiger partial charge in [0.15, 0.2) is 9.84 Å². The van der Waals surface area contributed by atoms with Gasteiger partial charge in [-0.25, -0.2) is 8.42 Å². The fourth-order valence-corrected chi connectivity index (χ4v) is 4.25. The van der Waals surface area contributed by atoms with Crippen LogP contribution in [0.3, 0.4) is 0 Å². The summed E-state index contributed by atoms with van der Waals surface area (Å²) in [4.78, 5) is 2.34. The molecule has 1 saturated heterocycles. The molecule has 1 atom stereocenters. The molecule has 0 aliphatic carbocycles. The van der Waals surface area contributed by atoms with E-state index in [-0.39, 0.29) is 0 Å². The van der Waals surface area contributed by atoms with Crippen molar-refractivity contribution in [2.75, 3.05) is 13.1 Å². The van der Waals surface area contributed by atoms with E-state index >= 15 is 0 Å². The van der Waals surface area contributed by atoms with E-state index in [1.165, 1.54) is 12.5 Å². The van der Waals surface area contributed by atoms with Gasteiger partial charge < -0.3 is 5.73 Å². The van der Waals surface area contributed by atoms with Crippen molar-refractivity contribution >= 4 is 9.84 Å². The number of sulfone groups is 1. The Morgan fingerprint density at radius 3 is 2.30 bits per heavy atom. The number of hydrogen-bond donors (Lipinski definition) is 1. The number of nitrogens with two attached hydrogens (primary N) is 1. The summed E-state index contributed by atoms with van der Waals surface area (Å²) in [5, 5.41) is -0.633. The Morgan fingerprint density at radius 1 is 1.20 bits per heavy atom. The molecule has 0 spiro atoms. The lowest BCUT2D eigenvalue weighted by Crippen LogP contribution is -2.42. The number of benzene rings is 1. The summed E-state index contributed by atoms with van der Waals surface area (Å²) in [7, 11) is -3.41. The van der Waals surface area contributed by atoms with E-state index in [4.69, 9.17) is 5.73 Å². The average Bonchev–Trinajstić information content (AvgIpc) is 2.49. The van der Waals surface area contributed by atoms with Gasteiger partial charge in [-0.1, -0.05) is 24.6 Å². The quantitative estimate of drug-likeness (QED) is 0.843. The highest BCUT2D eigenvalue weighted by Crippen LogP contribution is 2.23. The van der Waals surface area contributed by atoms with Crippen LogP contribution < -0.4 is 5.73 Å². The molecule has 2 rings (SSSR count). The molecule has 1 aliphatic heterocycles. The van der Waals surface area contributed by atoms with E-state index < -0.39 is 15.2 Å². The van der Waals surface area contributed by atoms with Crippen molar-refractivity contribution in [3.05, 3.63) is 42.5 Å². The normalized spacial score (nSPS) is 18.6. The lowest BCUT2D eigenvalue weighted by atomic mass is 10.1. The van der Waals surface area contributed by atoms with Crippen molar-refractivity contribution in [2.24, 2.45) is 5.73 Å². The zero-order valence-electron chi connectivity index (χ0n) is 11.7. The van der Waals surface area contributed by atoms with Gasteiger partial charge in [0.05, 0.1) is 4.90 Å². The summed E-state index contributed by atoms with van der Waals surface area (Å²) in [6, 6.07) is 6.81. The summed E-state index contributed by atoms with van der Waals surface area (Å²) < 4.78 is 25.4. The standard InChI is InChI=1S/C15H22N2O2S/c1-2-15(17-10-4-3-5-11-17)20(18,19)14-8-6-13(12-16)7-9-14/h2,6-9,15H,1,3-5,10-12,16H2. The summed E-state index contributed by atoms with van der Waals surface area (Å²) in [5.74, 6) is 0. The molecular weight excluding hydrogens is 272 g/mol. The third kappa shape index (κ3) is 3.11. The molecule has 0 saturated carbocycles. The fraction of sp³-hybridized carbons (Fsp3) is 0.467. The zero-order chi connectivity index (χ0) is 14.6. The van der Waals surface area contributed by atoms with Gasteiger partial charge in [-0.05, 0) is 43.6 Å². The maximum atomic E-state index is 12.7. The first kappa shape index (κ1) is 15.2. The Morgan fingerprint density at radius 2 is 1.80 bits per heavy atom. The van der Waals surface area contributed by atoms with Crippen LogP contribution in [0.1, 0.15) is 24.8 Å². The lowest BCUT2D eigenvalue weighted by Gasteiger charge is -2.32. The van der Waals surface area contributed by atoms with Gasteiger partial charge in [-0.3, -0.25) is 4.90 Å². The first-order valence-electron chi connectivity index (χ1n) is 6.99. The van der Waals surface area contributed by atoms with Crippen LogP contribution in [0.2, 0.25) is 0 Å². The Labute approximate surface area is 121 Å². The molecule has 1 heterocycles. The third-order valence-corrected chi connectivity index (χ3v) is 5.81. The summed E-state index contributed by atoms with van der Waals surface area (Å²) in [5.41, 5.74) is 6.47. The van der Waals surface area contributed by atoms with E-state index in [9.17, 15) is 8.42 Å². The summed E-state index contributed by atoms with van der Waals surface area (Å²) in [6.07, 6.45) is 4.81. The molecule has 20 heavy (non-hydrogen) atoms. The van der Waals surface area contributed by atoms with Crippen LogP contribution in [0.25, 0.3) is 0 Å². The van der Waals surface area contributed by atoms with E-state index in [1.807, 2.05) is 4.90 Å². The van der Waals surface area contributed by atoms with E-state index in [0.29, 0.717) is 11.4 Å². The second-order valence-electron chi connectivity index (χ2n) is 5.12. The highest BCUT2D eigenvalue weighted by Gasteiger charge is 2.31. The molecule has 4 nitrogen and oxygen atoms in total. The topological polar surface area (TPSA) is 63.4 Å².